The highest BCUT2D eigenvalue weighted by atomic mass is 16.6. The Labute approximate surface area is 494 Å². The molecular formula is C75H122O5. The molecule has 0 aliphatic rings. The third-order valence-corrected chi connectivity index (χ3v) is 13.8. The van der Waals surface area contributed by atoms with Gasteiger partial charge in [0.15, 0.2) is 6.10 Å². The first-order valence-electron chi connectivity index (χ1n) is 33.0. The highest BCUT2D eigenvalue weighted by Gasteiger charge is 2.16. The van der Waals surface area contributed by atoms with E-state index in [2.05, 4.69) is 172 Å². The summed E-state index contributed by atoms with van der Waals surface area (Å²) in [6, 6.07) is 0. The molecule has 0 aliphatic heterocycles. The van der Waals surface area contributed by atoms with Crippen molar-refractivity contribution in [2.24, 2.45) is 0 Å². The van der Waals surface area contributed by atoms with Crippen LogP contribution < -0.4 is 0 Å². The van der Waals surface area contributed by atoms with E-state index in [0.29, 0.717) is 12.8 Å². The molecule has 0 fully saturated rings. The lowest BCUT2D eigenvalue weighted by molar-refractivity contribution is -0.161. The van der Waals surface area contributed by atoms with E-state index in [1.54, 1.807) is 0 Å². The van der Waals surface area contributed by atoms with Gasteiger partial charge in [0, 0.05) is 12.8 Å². The van der Waals surface area contributed by atoms with E-state index in [1.807, 2.05) is 0 Å². The van der Waals surface area contributed by atoms with Crippen molar-refractivity contribution in [2.45, 2.75) is 290 Å². The van der Waals surface area contributed by atoms with Crippen molar-refractivity contribution in [1.82, 2.24) is 0 Å². The predicted octanol–water partition coefficient (Wildman–Crippen LogP) is 23.1. The lowest BCUT2D eigenvalue weighted by Gasteiger charge is -2.15. The van der Waals surface area contributed by atoms with Gasteiger partial charge in [-0.1, -0.05) is 307 Å². The van der Waals surface area contributed by atoms with Crippen molar-refractivity contribution < 1.29 is 24.2 Å². The number of esters is 2. The van der Waals surface area contributed by atoms with Gasteiger partial charge >= 0.3 is 11.9 Å². The smallest absolute Gasteiger partial charge is 0.306 e. The third-order valence-electron chi connectivity index (χ3n) is 13.8. The molecule has 0 rings (SSSR count). The number of hydrogen-bond acceptors (Lipinski definition) is 5. The summed E-state index contributed by atoms with van der Waals surface area (Å²) in [5, 5.41) is 9.70. The summed E-state index contributed by atoms with van der Waals surface area (Å²) in [5.41, 5.74) is 0. The second-order valence-corrected chi connectivity index (χ2v) is 21.4. The zero-order chi connectivity index (χ0) is 57.6. The fourth-order valence-electron chi connectivity index (χ4n) is 8.95. The summed E-state index contributed by atoms with van der Waals surface area (Å²) >= 11 is 0. The number of carbonyl (C=O) groups excluding carboxylic acids is 2. The van der Waals surface area contributed by atoms with Crippen LogP contribution in [0.4, 0.5) is 0 Å². The average Bonchev–Trinajstić information content (AvgIpc) is 3.46. The van der Waals surface area contributed by atoms with Gasteiger partial charge < -0.3 is 14.6 Å². The normalized spacial score (nSPS) is 13.3. The molecule has 5 heteroatoms. The summed E-state index contributed by atoms with van der Waals surface area (Å²) in [5.74, 6) is -0.597. The molecule has 0 spiro atoms. The van der Waals surface area contributed by atoms with E-state index >= 15 is 0 Å². The first-order chi connectivity index (χ1) is 39.6. The van der Waals surface area contributed by atoms with E-state index < -0.39 is 6.10 Å². The SMILES string of the molecule is CC/C=C\C/C=C\C/C=C\C/C=C\C/C=C\C/C=C\C/C=C\CCCCCCCCCCCCCC(=O)OC(CO)COC(=O)CCCCCCCCCCCCCCCC/C=C\C/C=C\C/C=C\C/C=C\C/C=C\C/C=C\CC. The minimum Gasteiger partial charge on any atom is -0.462 e. The Hall–Kier alpha value is -4.48. The maximum atomic E-state index is 12.4. The molecule has 0 saturated carbocycles. The Morgan fingerprint density at radius 2 is 0.500 bits per heavy atom. The number of aliphatic hydroxyl groups excluding tert-OH is 1. The van der Waals surface area contributed by atoms with Gasteiger partial charge in [-0.3, -0.25) is 9.59 Å². The molecule has 0 aromatic rings. The van der Waals surface area contributed by atoms with E-state index in [9.17, 15) is 14.7 Å². The second kappa shape index (κ2) is 68.8. The van der Waals surface area contributed by atoms with Crippen LogP contribution in [0.2, 0.25) is 0 Å². The number of hydrogen-bond donors (Lipinski definition) is 1. The van der Waals surface area contributed by atoms with Crippen LogP contribution in [0.1, 0.15) is 284 Å². The minimum atomic E-state index is -0.786. The van der Waals surface area contributed by atoms with Crippen LogP contribution in [-0.4, -0.2) is 36.4 Å². The molecule has 1 N–H and O–H groups in total. The molecule has 1 atom stereocenters. The zero-order valence-corrected chi connectivity index (χ0v) is 51.8. The summed E-state index contributed by atoms with van der Waals surface area (Å²) < 4.78 is 10.7. The lowest BCUT2D eigenvalue weighted by atomic mass is 10.0. The molecule has 5 nitrogen and oxygen atoms in total. The Balaban J connectivity index is 3.53. The van der Waals surface area contributed by atoms with Crippen molar-refractivity contribution >= 4 is 11.9 Å². The second-order valence-electron chi connectivity index (χ2n) is 21.4. The van der Waals surface area contributed by atoms with Gasteiger partial charge in [0.05, 0.1) is 6.61 Å². The zero-order valence-electron chi connectivity index (χ0n) is 51.8. The van der Waals surface area contributed by atoms with Crippen molar-refractivity contribution in [3.8, 4) is 0 Å². The molecule has 0 amide bonds. The monoisotopic (exact) mass is 1100 g/mol. The van der Waals surface area contributed by atoms with E-state index in [0.717, 1.165) is 122 Å². The van der Waals surface area contributed by atoms with Crippen LogP contribution in [0.25, 0.3) is 0 Å². The van der Waals surface area contributed by atoms with Gasteiger partial charge in [0.1, 0.15) is 6.61 Å². The Morgan fingerprint density at radius 1 is 0.287 bits per heavy atom. The van der Waals surface area contributed by atoms with E-state index in [-0.39, 0.29) is 25.2 Å². The van der Waals surface area contributed by atoms with Gasteiger partial charge in [-0.15, -0.1) is 0 Å². The van der Waals surface area contributed by atoms with Crippen LogP contribution >= 0.6 is 0 Å². The van der Waals surface area contributed by atoms with Crippen molar-refractivity contribution in [3.63, 3.8) is 0 Å². The van der Waals surface area contributed by atoms with E-state index in [4.69, 9.17) is 9.47 Å². The highest BCUT2D eigenvalue weighted by molar-refractivity contribution is 5.70. The third kappa shape index (κ3) is 66.0. The molecule has 0 aliphatic carbocycles. The first-order valence-corrected chi connectivity index (χ1v) is 33.0. The fourth-order valence-corrected chi connectivity index (χ4v) is 8.95. The Bertz CT molecular complexity index is 1730. The quantitative estimate of drug-likeness (QED) is 0.0373. The number of carbonyl (C=O) groups is 2. The summed E-state index contributed by atoms with van der Waals surface area (Å²) in [4.78, 5) is 24.6. The van der Waals surface area contributed by atoms with Crippen LogP contribution in [0, 0.1) is 0 Å². The highest BCUT2D eigenvalue weighted by Crippen LogP contribution is 2.16. The van der Waals surface area contributed by atoms with Gasteiger partial charge in [0.25, 0.3) is 0 Å². The molecule has 1 unspecified atom stereocenters. The standard InChI is InChI=1S/C75H122O5/c1-3-5-7-9-11-13-15-17-19-21-23-25-27-29-31-33-35-37-39-41-43-45-47-49-51-53-55-57-59-61-63-65-67-69-74(77)79-72-73(71-76)80-75(78)70-68-66-64-62-60-58-56-54-52-50-48-46-44-42-40-38-36-34-32-30-28-26-24-22-20-18-16-14-12-10-8-6-4-2/h5-8,11-14,17-20,23-26,29-32,35-38,42,44,73,76H,3-4,9-10,15-16,21-22,27-28,33-34,39-41,43,45-72H2,1-2H3/b7-5-,8-6-,13-11-,14-12-,19-17-,20-18-,25-23-,26-24-,31-29-,32-30-,37-35-,38-36-,44-42-. The van der Waals surface area contributed by atoms with Crippen LogP contribution in [0.3, 0.4) is 0 Å². The van der Waals surface area contributed by atoms with Gasteiger partial charge in [0.2, 0.25) is 0 Å². The van der Waals surface area contributed by atoms with Crippen LogP contribution in [0.15, 0.2) is 158 Å². The number of ether oxygens (including phenoxy) is 2. The number of allylic oxidation sites excluding steroid dienone is 26. The number of rotatable bonds is 59. The van der Waals surface area contributed by atoms with Crippen LogP contribution in [0.5, 0.6) is 0 Å². The maximum Gasteiger partial charge on any atom is 0.306 e. The topological polar surface area (TPSA) is 72.8 Å². The molecule has 0 saturated heterocycles. The molecule has 0 radical (unpaired) electrons. The summed E-state index contributed by atoms with van der Waals surface area (Å²) in [7, 11) is 0. The van der Waals surface area contributed by atoms with Gasteiger partial charge in [-0.2, -0.15) is 0 Å². The number of unbranched alkanes of at least 4 members (excludes halogenated alkanes) is 25. The average molecular weight is 1100 g/mol. The molecule has 0 heterocycles. The molecule has 452 valence electrons. The first kappa shape index (κ1) is 75.5. The summed E-state index contributed by atoms with van der Waals surface area (Å²) in [6.45, 7) is 3.92. The van der Waals surface area contributed by atoms with Gasteiger partial charge in [-0.05, 0) is 122 Å². The largest absolute Gasteiger partial charge is 0.462 e. The molecule has 0 aromatic heterocycles. The molecule has 0 bridgehead atoms. The molecular weight excluding hydrogens is 981 g/mol. The summed E-state index contributed by atoms with van der Waals surface area (Å²) in [6.07, 6.45) is 105. The Kier molecular flexibility index (Phi) is 64.9. The van der Waals surface area contributed by atoms with Crippen molar-refractivity contribution in [2.75, 3.05) is 13.2 Å². The Morgan fingerprint density at radius 3 is 0.750 bits per heavy atom. The fraction of sp³-hybridized carbons (Fsp3) is 0.627. The minimum absolute atomic E-state index is 0.0745. The lowest BCUT2D eigenvalue weighted by Crippen LogP contribution is -2.28. The van der Waals surface area contributed by atoms with Crippen molar-refractivity contribution in [1.29, 1.82) is 0 Å². The van der Waals surface area contributed by atoms with E-state index in [1.165, 1.54) is 135 Å². The van der Waals surface area contributed by atoms with Crippen molar-refractivity contribution in [3.05, 3.63) is 158 Å². The predicted molar refractivity (Wildman–Crippen MR) is 352 cm³/mol. The molecule has 0 aromatic carbocycles. The van der Waals surface area contributed by atoms with Crippen LogP contribution in [-0.2, 0) is 19.1 Å². The van der Waals surface area contributed by atoms with Gasteiger partial charge in [-0.25, -0.2) is 0 Å². The maximum absolute atomic E-state index is 12.4. The molecule has 80 heavy (non-hydrogen) atoms. The number of aliphatic hydroxyl groups is 1.